The Labute approximate surface area is 260 Å². The van der Waals surface area contributed by atoms with Crippen LogP contribution in [-0.2, 0) is 14.3 Å². The van der Waals surface area contributed by atoms with Crippen molar-refractivity contribution in [1.82, 2.24) is 29.7 Å². The van der Waals surface area contributed by atoms with Crippen molar-refractivity contribution in [3.63, 3.8) is 0 Å². The number of benzene rings is 1. The molecule has 3 fully saturated rings. The average Bonchev–Trinajstić information content (AvgIpc) is 3.57. The monoisotopic (exact) mass is 627 g/mol. The summed E-state index contributed by atoms with van der Waals surface area (Å²) in [4.78, 5) is 42.7. The molecule has 4 heterocycles. The third kappa shape index (κ3) is 6.95. The molecule has 2 amide bonds. The van der Waals surface area contributed by atoms with Crippen molar-refractivity contribution in [2.75, 3.05) is 37.7 Å². The predicted octanol–water partition coefficient (Wildman–Crippen LogP) is 4.41. The van der Waals surface area contributed by atoms with Gasteiger partial charge < -0.3 is 29.3 Å². The number of halogens is 2. The third-order valence-electron chi connectivity index (χ3n) is 8.28. The highest BCUT2D eigenvalue weighted by Gasteiger charge is 2.39. The molecule has 0 spiro atoms. The zero-order chi connectivity index (χ0) is 31.7. The van der Waals surface area contributed by atoms with Gasteiger partial charge in [-0.1, -0.05) is 12.1 Å². The molecule has 2 saturated heterocycles. The molecule has 1 aromatic carbocycles. The number of aromatic nitrogens is 4. The lowest BCUT2D eigenvalue weighted by molar-refractivity contribution is -0.132. The van der Waals surface area contributed by atoms with Crippen LogP contribution in [0.3, 0.4) is 0 Å². The van der Waals surface area contributed by atoms with Gasteiger partial charge in [-0.2, -0.15) is 9.97 Å². The Bertz CT molecular complexity index is 1530. The second kappa shape index (κ2) is 12.7. The molecule has 3 aromatic rings. The molecule has 45 heavy (non-hydrogen) atoms. The first-order chi connectivity index (χ1) is 21.6. The lowest BCUT2D eigenvalue weighted by Gasteiger charge is -2.35. The number of imidazole rings is 1. The minimum atomic E-state index is -2.81. The molecular formula is C31H39F2N7O5. The zero-order valence-electron chi connectivity index (χ0n) is 25.7. The van der Waals surface area contributed by atoms with Gasteiger partial charge in [-0.25, -0.2) is 18.6 Å². The summed E-state index contributed by atoms with van der Waals surface area (Å²) in [6, 6.07) is 8.00. The lowest BCUT2D eigenvalue weighted by Crippen LogP contribution is -2.47. The van der Waals surface area contributed by atoms with E-state index in [0.29, 0.717) is 75.0 Å². The van der Waals surface area contributed by atoms with Gasteiger partial charge in [0.1, 0.15) is 23.6 Å². The molecule has 12 nitrogen and oxygen atoms in total. The third-order valence-corrected chi connectivity index (χ3v) is 8.28. The maximum absolute atomic E-state index is 14.2. The number of morpholine rings is 1. The van der Waals surface area contributed by atoms with Gasteiger partial charge in [0.05, 0.1) is 24.2 Å². The van der Waals surface area contributed by atoms with Gasteiger partial charge in [-0.05, 0) is 65.0 Å². The van der Waals surface area contributed by atoms with Crippen molar-refractivity contribution in [3.05, 3.63) is 36.2 Å². The molecule has 1 aliphatic carbocycles. The number of anilines is 1. The summed E-state index contributed by atoms with van der Waals surface area (Å²) in [5, 5.41) is 2.71. The number of likely N-dealkylation sites (tertiary alicyclic amines) is 1. The van der Waals surface area contributed by atoms with Crippen molar-refractivity contribution in [2.45, 2.75) is 83.1 Å². The number of hydrogen-bond acceptors (Lipinski definition) is 9. The number of fused-ring (bicyclic) bond motifs is 1. The first kappa shape index (κ1) is 30.9. The SMILES string of the molecule is CC(C)(C)OC(=O)N[C@@H]1CCN([C@H]2CC[C@H](Oc3cc(-n4c(C(F)F)nc5ccccc54)nc(N4CCOCC4)n3)CC2)C1=O. The summed E-state index contributed by atoms with van der Waals surface area (Å²) >= 11 is 0. The van der Waals surface area contributed by atoms with E-state index in [1.54, 1.807) is 51.1 Å². The Morgan fingerprint density at radius 2 is 1.76 bits per heavy atom. The van der Waals surface area contributed by atoms with E-state index in [1.807, 2.05) is 9.80 Å². The Hall–Kier alpha value is -4.07. The van der Waals surface area contributed by atoms with E-state index in [1.165, 1.54) is 4.57 Å². The quantitative estimate of drug-likeness (QED) is 0.406. The van der Waals surface area contributed by atoms with Gasteiger partial charge in [0, 0.05) is 31.7 Å². The average molecular weight is 628 g/mol. The summed E-state index contributed by atoms with van der Waals surface area (Å²) in [5.74, 6) is 0.433. The van der Waals surface area contributed by atoms with Gasteiger partial charge in [0.15, 0.2) is 5.82 Å². The number of para-hydroxylation sites is 2. The first-order valence-corrected chi connectivity index (χ1v) is 15.5. The summed E-state index contributed by atoms with van der Waals surface area (Å²) in [6.45, 7) is 8.05. The number of nitrogens with one attached hydrogen (secondary N) is 1. The number of rotatable bonds is 7. The van der Waals surface area contributed by atoms with E-state index >= 15 is 0 Å². The molecule has 0 bridgehead atoms. The van der Waals surface area contributed by atoms with Crippen LogP contribution < -0.4 is 15.0 Å². The molecule has 1 N–H and O–H groups in total. The summed E-state index contributed by atoms with van der Waals surface area (Å²) in [6.07, 6.45) is -0.231. The Kier molecular flexibility index (Phi) is 8.76. The first-order valence-electron chi connectivity index (χ1n) is 15.5. The molecule has 3 aliphatic rings. The van der Waals surface area contributed by atoms with E-state index in [2.05, 4.69) is 15.3 Å². The van der Waals surface area contributed by atoms with Gasteiger partial charge in [-0.3, -0.25) is 9.36 Å². The maximum Gasteiger partial charge on any atom is 0.408 e. The second-order valence-electron chi connectivity index (χ2n) is 12.6. The van der Waals surface area contributed by atoms with Crippen LogP contribution in [0.25, 0.3) is 16.9 Å². The highest BCUT2D eigenvalue weighted by Crippen LogP contribution is 2.32. The van der Waals surface area contributed by atoms with Crippen LogP contribution in [0.5, 0.6) is 5.88 Å². The number of nitrogens with zero attached hydrogens (tertiary/aromatic N) is 6. The Morgan fingerprint density at radius 3 is 2.47 bits per heavy atom. The van der Waals surface area contributed by atoms with Gasteiger partial charge >= 0.3 is 6.09 Å². The van der Waals surface area contributed by atoms with Crippen LogP contribution in [0.4, 0.5) is 19.5 Å². The van der Waals surface area contributed by atoms with Crippen molar-refractivity contribution in [3.8, 4) is 11.7 Å². The van der Waals surface area contributed by atoms with E-state index in [4.69, 9.17) is 19.2 Å². The minimum Gasteiger partial charge on any atom is -0.474 e. The molecule has 2 aromatic heterocycles. The number of carbonyl (C=O) groups is 2. The van der Waals surface area contributed by atoms with Gasteiger partial charge in [-0.15, -0.1) is 0 Å². The topological polar surface area (TPSA) is 124 Å². The van der Waals surface area contributed by atoms with Crippen LogP contribution in [-0.4, -0.2) is 93.1 Å². The number of alkyl carbamates (subject to hydrolysis) is 1. The second-order valence-corrected chi connectivity index (χ2v) is 12.6. The van der Waals surface area contributed by atoms with E-state index < -0.39 is 30.0 Å². The normalized spacial score (nSPS) is 22.7. The van der Waals surface area contributed by atoms with Crippen LogP contribution in [0, 0.1) is 0 Å². The smallest absolute Gasteiger partial charge is 0.408 e. The molecule has 6 rings (SSSR count). The van der Waals surface area contributed by atoms with Crippen LogP contribution in [0.15, 0.2) is 30.3 Å². The van der Waals surface area contributed by atoms with Crippen LogP contribution in [0.2, 0.25) is 0 Å². The number of amides is 2. The van der Waals surface area contributed by atoms with Crippen LogP contribution >= 0.6 is 0 Å². The Balaban J connectivity index is 1.17. The fourth-order valence-electron chi connectivity index (χ4n) is 6.21. The van der Waals surface area contributed by atoms with Gasteiger partial charge in [0.2, 0.25) is 17.7 Å². The fourth-order valence-corrected chi connectivity index (χ4v) is 6.21. The maximum atomic E-state index is 14.2. The van der Waals surface area contributed by atoms with Crippen molar-refractivity contribution >= 4 is 29.0 Å². The number of carbonyl (C=O) groups excluding carboxylic acids is 2. The highest BCUT2D eigenvalue weighted by atomic mass is 19.3. The molecule has 242 valence electrons. The minimum absolute atomic E-state index is 0.0403. The van der Waals surface area contributed by atoms with Gasteiger partial charge in [0.25, 0.3) is 6.43 Å². The molecule has 0 radical (unpaired) electrons. The largest absolute Gasteiger partial charge is 0.474 e. The molecule has 1 saturated carbocycles. The lowest BCUT2D eigenvalue weighted by atomic mass is 9.92. The number of ether oxygens (including phenoxy) is 3. The molecule has 1 atom stereocenters. The molecule has 2 aliphatic heterocycles. The zero-order valence-corrected chi connectivity index (χ0v) is 25.7. The predicted molar refractivity (Wildman–Crippen MR) is 161 cm³/mol. The van der Waals surface area contributed by atoms with Crippen molar-refractivity contribution in [1.29, 1.82) is 0 Å². The summed E-state index contributed by atoms with van der Waals surface area (Å²) in [7, 11) is 0. The summed E-state index contributed by atoms with van der Waals surface area (Å²) in [5.41, 5.74) is 0.315. The summed E-state index contributed by atoms with van der Waals surface area (Å²) < 4.78 is 46.9. The number of hydrogen-bond donors (Lipinski definition) is 1. The van der Waals surface area contributed by atoms with E-state index in [9.17, 15) is 18.4 Å². The molecule has 0 unspecified atom stereocenters. The van der Waals surface area contributed by atoms with Crippen LogP contribution in [0.1, 0.15) is 65.1 Å². The Morgan fingerprint density at radius 1 is 1.02 bits per heavy atom. The van der Waals surface area contributed by atoms with Crippen molar-refractivity contribution < 1.29 is 32.6 Å². The molecular weight excluding hydrogens is 588 g/mol. The number of alkyl halides is 2. The fraction of sp³-hybridized carbons (Fsp3) is 0.581. The molecule has 14 heteroatoms. The highest BCUT2D eigenvalue weighted by molar-refractivity contribution is 5.87. The van der Waals surface area contributed by atoms with E-state index in [-0.39, 0.29) is 23.9 Å². The van der Waals surface area contributed by atoms with E-state index in [0.717, 1.165) is 12.8 Å². The van der Waals surface area contributed by atoms with Crippen molar-refractivity contribution in [2.24, 2.45) is 0 Å². The standard InChI is InChI=1S/C31H39F2N7O5/c1-31(2,3)45-30(42)35-22-12-13-39(28(22)41)19-8-10-20(11-9-19)44-25-18-24(36-29(37-25)38-14-16-43-17-15-38)40-23-7-5-4-6-21(23)34-27(40)26(32)33/h4-7,18-20,22,26H,8-17H2,1-3H3,(H,35,42)/t19-,20-,22-/m1/s1.